The van der Waals surface area contributed by atoms with Crippen LogP contribution in [-0.4, -0.2) is 27.8 Å². The van der Waals surface area contributed by atoms with Gasteiger partial charge in [0.05, 0.1) is 0 Å². The van der Waals surface area contributed by atoms with Crippen molar-refractivity contribution in [2.24, 2.45) is 0 Å². The SMILES string of the molecule is CS(=O)CCCC(F)(F)C(F)(F)P. The average molecular weight is 238 g/mol. The van der Waals surface area contributed by atoms with Gasteiger partial charge >= 0.3 is 11.6 Å². The highest BCUT2D eigenvalue weighted by atomic mass is 32.2. The van der Waals surface area contributed by atoms with Crippen LogP contribution in [-0.2, 0) is 10.8 Å². The van der Waals surface area contributed by atoms with Gasteiger partial charge in [-0.3, -0.25) is 4.21 Å². The lowest BCUT2D eigenvalue weighted by molar-refractivity contribution is -0.156. The van der Waals surface area contributed by atoms with Gasteiger partial charge in [-0.15, -0.1) is 0 Å². The summed E-state index contributed by atoms with van der Waals surface area (Å²) in [6.07, 6.45) is 0.236. The van der Waals surface area contributed by atoms with E-state index in [1.165, 1.54) is 6.26 Å². The van der Waals surface area contributed by atoms with Gasteiger partial charge in [0.1, 0.15) is 0 Å². The summed E-state index contributed by atoms with van der Waals surface area (Å²) in [7, 11) is -0.392. The Morgan fingerprint density at radius 1 is 1.31 bits per heavy atom. The van der Waals surface area contributed by atoms with Gasteiger partial charge < -0.3 is 0 Å². The number of hydrogen-bond acceptors (Lipinski definition) is 1. The van der Waals surface area contributed by atoms with Crippen molar-refractivity contribution in [1.29, 1.82) is 0 Å². The largest absolute Gasteiger partial charge is 0.320 e. The van der Waals surface area contributed by atoms with E-state index in [0.29, 0.717) is 0 Å². The third-order valence-electron chi connectivity index (χ3n) is 1.41. The van der Waals surface area contributed by atoms with Gasteiger partial charge in [0.15, 0.2) is 0 Å². The summed E-state index contributed by atoms with van der Waals surface area (Å²) < 4.78 is 59.8. The lowest BCUT2D eigenvalue weighted by atomic mass is 10.2. The molecule has 0 aromatic carbocycles. The van der Waals surface area contributed by atoms with Crippen LogP contribution >= 0.6 is 9.24 Å². The summed E-state index contributed by atoms with van der Waals surface area (Å²) in [4.78, 5) is 0. The Morgan fingerprint density at radius 2 is 1.77 bits per heavy atom. The van der Waals surface area contributed by atoms with Crippen LogP contribution in [0.4, 0.5) is 17.6 Å². The van der Waals surface area contributed by atoms with Crippen molar-refractivity contribution in [2.75, 3.05) is 12.0 Å². The molecule has 0 aromatic rings. The summed E-state index contributed by atoms with van der Waals surface area (Å²) in [5.41, 5.74) is -4.08. The van der Waals surface area contributed by atoms with Crippen LogP contribution < -0.4 is 0 Å². The zero-order valence-corrected chi connectivity index (χ0v) is 9.00. The van der Waals surface area contributed by atoms with Crippen molar-refractivity contribution >= 4 is 20.0 Å². The molecule has 1 nitrogen and oxygen atoms in total. The molecule has 80 valence electrons. The van der Waals surface area contributed by atoms with E-state index in [9.17, 15) is 21.8 Å². The molecule has 0 rings (SSSR count). The maximum Gasteiger partial charge on any atom is 0.320 e. The normalized spacial score (nSPS) is 15.8. The van der Waals surface area contributed by atoms with Gasteiger partial charge in [0.25, 0.3) is 0 Å². The second kappa shape index (κ2) is 4.69. The molecule has 13 heavy (non-hydrogen) atoms. The molecule has 0 aromatic heterocycles. The molecule has 2 atom stereocenters. The number of rotatable bonds is 5. The van der Waals surface area contributed by atoms with E-state index in [-0.39, 0.29) is 12.2 Å². The molecule has 0 fully saturated rings. The molecule has 0 saturated heterocycles. The Hall–Kier alpha value is 0.300. The molecular formula is C6H11F4OPS. The van der Waals surface area contributed by atoms with Crippen molar-refractivity contribution in [2.45, 2.75) is 24.4 Å². The van der Waals surface area contributed by atoms with Gasteiger partial charge in [0, 0.05) is 29.2 Å². The average Bonchev–Trinajstić information content (AvgIpc) is 1.82. The van der Waals surface area contributed by atoms with Gasteiger partial charge in [-0.05, 0) is 6.42 Å². The fraction of sp³-hybridized carbons (Fsp3) is 1.00. The molecule has 0 aliphatic carbocycles. The van der Waals surface area contributed by atoms with E-state index in [2.05, 4.69) is 0 Å². The number of alkyl halides is 4. The van der Waals surface area contributed by atoms with Gasteiger partial charge in [-0.1, -0.05) is 9.24 Å². The minimum atomic E-state index is -4.08. The quantitative estimate of drug-likeness (QED) is 0.530. The first-order valence-corrected chi connectivity index (χ1v) is 5.82. The van der Waals surface area contributed by atoms with E-state index in [4.69, 9.17) is 0 Å². The van der Waals surface area contributed by atoms with E-state index >= 15 is 0 Å². The molecule has 0 saturated carbocycles. The van der Waals surface area contributed by atoms with Gasteiger partial charge in [-0.25, -0.2) is 0 Å². The van der Waals surface area contributed by atoms with Crippen molar-refractivity contribution in [1.82, 2.24) is 0 Å². The molecule has 7 heteroatoms. The van der Waals surface area contributed by atoms with Crippen molar-refractivity contribution in [3.63, 3.8) is 0 Å². The van der Waals surface area contributed by atoms with Crippen LogP contribution in [0.25, 0.3) is 0 Å². The predicted molar refractivity (Wildman–Crippen MR) is 47.8 cm³/mol. The lowest BCUT2D eigenvalue weighted by Crippen LogP contribution is -2.34. The van der Waals surface area contributed by atoms with E-state index in [1.807, 2.05) is 0 Å². The molecule has 2 unspecified atom stereocenters. The first-order valence-electron chi connectivity index (χ1n) is 3.51. The first kappa shape index (κ1) is 13.3. The zero-order chi connectivity index (χ0) is 10.7. The first-order chi connectivity index (χ1) is 5.67. The Kier molecular flexibility index (Phi) is 4.80. The van der Waals surface area contributed by atoms with Crippen LogP contribution in [0.5, 0.6) is 0 Å². The third-order valence-corrected chi connectivity index (χ3v) is 2.70. The summed E-state index contributed by atoms with van der Waals surface area (Å²) >= 11 is 0. The van der Waals surface area contributed by atoms with E-state index in [1.54, 1.807) is 0 Å². The smallest absolute Gasteiger partial charge is 0.260 e. The Morgan fingerprint density at radius 3 is 2.08 bits per heavy atom. The Balaban J connectivity index is 3.97. The summed E-state index contributed by atoms with van der Waals surface area (Å²) in [6, 6.07) is 0. The van der Waals surface area contributed by atoms with E-state index < -0.39 is 28.8 Å². The van der Waals surface area contributed by atoms with Crippen molar-refractivity contribution in [3.8, 4) is 0 Å². The molecule has 0 N–H and O–H groups in total. The topological polar surface area (TPSA) is 17.1 Å². The number of halogens is 4. The van der Waals surface area contributed by atoms with Crippen LogP contribution in [0.2, 0.25) is 0 Å². The molecule has 0 radical (unpaired) electrons. The Labute approximate surface area is 78.9 Å². The molecule has 0 aliphatic rings. The zero-order valence-electron chi connectivity index (χ0n) is 7.03. The van der Waals surface area contributed by atoms with Crippen LogP contribution in [0.15, 0.2) is 0 Å². The minimum Gasteiger partial charge on any atom is -0.260 e. The lowest BCUT2D eigenvalue weighted by Gasteiger charge is -2.22. The van der Waals surface area contributed by atoms with Crippen LogP contribution in [0.1, 0.15) is 12.8 Å². The highest BCUT2D eigenvalue weighted by Crippen LogP contribution is 2.42. The highest BCUT2D eigenvalue weighted by molar-refractivity contribution is 7.84. The number of hydrogen-bond donors (Lipinski definition) is 0. The molecule has 0 spiro atoms. The van der Waals surface area contributed by atoms with Gasteiger partial charge in [-0.2, -0.15) is 17.6 Å². The molecule has 0 bridgehead atoms. The van der Waals surface area contributed by atoms with Crippen molar-refractivity contribution < 1.29 is 21.8 Å². The van der Waals surface area contributed by atoms with Crippen LogP contribution in [0, 0.1) is 0 Å². The third kappa shape index (κ3) is 4.91. The van der Waals surface area contributed by atoms with E-state index in [0.717, 1.165) is 9.24 Å². The standard InChI is InChI=1S/C6H11F4OPS/c1-13(11)4-2-3-5(7,8)6(9,10)12/h2-4,12H2,1H3. The second-order valence-corrected chi connectivity index (χ2v) is 4.99. The summed E-state index contributed by atoms with van der Waals surface area (Å²) in [6.45, 7) is 0. The van der Waals surface area contributed by atoms with Gasteiger partial charge in [0.2, 0.25) is 0 Å². The molecule has 0 heterocycles. The predicted octanol–water partition coefficient (Wildman–Crippen LogP) is 2.25. The maximum absolute atomic E-state index is 12.5. The fourth-order valence-corrected chi connectivity index (χ4v) is 1.36. The van der Waals surface area contributed by atoms with Crippen LogP contribution in [0.3, 0.4) is 0 Å². The fourth-order valence-electron chi connectivity index (χ4n) is 0.664. The monoisotopic (exact) mass is 238 g/mol. The molecule has 0 amide bonds. The highest BCUT2D eigenvalue weighted by Gasteiger charge is 2.51. The summed E-state index contributed by atoms with van der Waals surface area (Å²) in [5.74, 6) is -4.01. The minimum absolute atomic E-state index is 0.0241. The Bertz CT molecular complexity index is 192. The summed E-state index contributed by atoms with van der Waals surface area (Å²) in [5, 5.41) is 0. The molecular weight excluding hydrogens is 227 g/mol. The molecule has 0 aliphatic heterocycles. The second-order valence-electron chi connectivity index (χ2n) is 2.71. The van der Waals surface area contributed by atoms with Crippen molar-refractivity contribution in [3.05, 3.63) is 0 Å². The maximum atomic E-state index is 12.5.